The number of rotatable bonds is 7. The molecule has 3 heterocycles. The summed E-state index contributed by atoms with van der Waals surface area (Å²) in [6, 6.07) is 21.8. The fraction of sp³-hybridized carbons (Fsp3) is 0.394. The number of carbonyl (C=O) groups excluding carboxylic acids is 2. The molecule has 214 valence electrons. The lowest BCUT2D eigenvalue weighted by Gasteiger charge is -2.41. The summed E-state index contributed by atoms with van der Waals surface area (Å²) in [5, 5.41) is 0.359. The number of carbonyl (C=O) groups is 2. The molecule has 3 aliphatic heterocycles. The Bertz CT molecular complexity index is 1430. The Morgan fingerprint density at radius 1 is 0.902 bits per heavy atom. The van der Waals surface area contributed by atoms with Crippen LogP contribution in [0.2, 0.25) is 5.02 Å². The van der Waals surface area contributed by atoms with Gasteiger partial charge < -0.3 is 14.5 Å². The third kappa shape index (κ3) is 4.95. The van der Waals surface area contributed by atoms with Gasteiger partial charge in [-0.2, -0.15) is 0 Å². The minimum Gasteiger partial charge on any atom is -0.496 e. The number of hydrogen-bond acceptors (Lipinski definition) is 5. The van der Waals surface area contributed by atoms with Crippen molar-refractivity contribution < 1.29 is 14.3 Å². The fourth-order valence-electron chi connectivity index (χ4n) is 6.71. The van der Waals surface area contributed by atoms with E-state index in [-0.39, 0.29) is 11.9 Å². The molecule has 3 fully saturated rings. The van der Waals surface area contributed by atoms with Crippen LogP contribution in [-0.4, -0.2) is 67.1 Å². The summed E-state index contributed by atoms with van der Waals surface area (Å²) in [4.78, 5) is 35.6. The van der Waals surface area contributed by atoms with Gasteiger partial charge in [-0.15, -0.1) is 0 Å². The zero-order chi connectivity index (χ0) is 28.6. The molecule has 3 aromatic rings. The SMILES string of the molecule is CCN1C(=O)N(c2ccc(-c3ccccc3OC)cc2Cl)C(=O)C12CCN(Cc1ccc(N3CCCC3)cc1)CC2. The van der Waals surface area contributed by atoms with Gasteiger partial charge in [0.05, 0.1) is 17.8 Å². The van der Waals surface area contributed by atoms with E-state index in [1.165, 1.54) is 29.0 Å². The third-order valence-corrected chi connectivity index (χ3v) is 9.26. The van der Waals surface area contributed by atoms with Crippen LogP contribution >= 0.6 is 11.6 Å². The molecule has 3 aliphatic rings. The summed E-state index contributed by atoms with van der Waals surface area (Å²) in [6.45, 7) is 7.03. The van der Waals surface area contributed by atoms with E-state index < -0.39 is 5.54 Å². The monoisotopic (exact) mass is 572 g/mol. The first-order valence-electron chi connectivity index (χ1n) is 14.6. The van der Waals surface area contributed by atoms with E-state index >= 15 is 0 Å². The van der Waals surface area contributed by atoms with Crippen LogP contribution in [0.1, 0.15) is 38.2 Å². The molecule has 0 saturated carbocycles. The second-order valence-corrected chi connectivity index (χ2v) is 11.6. The normalized spacial score (nSPS) is 19.0. The molecule has 0 N–H and O–H groups in total. The van der Waals surface area contributed by atoms with E-state index in [1.54, 1.807) is 24.1 Å². The predicted octanol–water partition coefficient (Wildman–Crippen LogP) is 6.44. The average Bonchev–Trinajstić information content (AvgIpc) is 3.60. The number of ether oxygens (including phenoxy) is 1. The van der Waals surface area contributed by atoms with Crippen LogP contribution in [0.15, 0.2) is 66.7 Å². The van der Waals surface area contributed by atoms with Crippen molar-refractivity contribution in [3.8, 4) is 16.9 Å². The zero-order valence-electron chi connectivity index (χ0n) is 23.8. The molecule has 3 aromatic carbocycles. The summed E-state index contributed by atoms with van der Waals surface area (Å²) in [7, 11) is 1.63. The Morgan fingerprint density at radius 2 is 1.61 bits per heavy atom. The van der Waals surface area contributed by atoms with E-state index in [0.29, 0.717) is 30.1 Å². The molecular formula is C33H37ClN4O3. The summed E-state index contributed by atoms with van der Waals surface area (Å²) < 4.78 is 5.51. The lowest BCUT2D eigenvalue weighted by molar-refractivity contribution is -0.127. The van der Waals surface area contributed by atoms with Crippen molar-refractivity contribution in [3.63, 3.8) is 0 Å². The van der Waals surface area contributed by atoms with Gasteiger partial charge in [0.15, 0.2) is 0 Å². The largest absolute Gasteiger partial charge is 0.496 e. The van der Waals surface area contributed by atoms with Gasteiger partial charge in [-0.05, 0) is 74.1 Å². The van der Waals surface area contributed by atoms with Gasteiger partial charge in [0, 0.05) is 50.5 Å². The van der Waals surface area contributed by atoms with E-state index in [2.05, 4.69) is 34.1 Å². The van der Waals surface area contributed by atoms with Crippen LogP contribution in [0.3, 0.4) is 0 Å². The lowest BCUT2D eigenvalue weighted by Crippen LogP contribution is -2.56. The number of likely N-dealkylation sites (N-methyl/N-ethyl adjacent to an activating group) is 1. The number of anilines is 2. The summed E-state index contributed by atoms with van der Waals surface area (Å²) in [5.41, 5.74) is 3.91. The van der Waals surface area contributed by atoms with Crippen LogP contribution in [0.25, 0.3) is 11.1 Å². The van der Waals surface area contributed by atoms with Crippen molar-refractivity contribution in [1.29, 1.82) is 0 Å². The summed E-state index contributed by atoms with van der Waals surface area (Å²) in [6.07, 6.45) is 3.74. The highest BCUT2D eigenvalue weighted by atomic mass is 35.5. The molecule has 3 saturated heterocycles. The van der Waals surface area contributed by atoms with E-state index in [4.69, 9.17) is 16.3 Å². The van der Waals surface area contributed by atoms with Gasteiger partial charge in [0.2, 0.25) is 0 Å². The van der Waals surface area contributed by atoms with Crippen LogP contribution in [-0.2, 0) is 11.3 Å². The highest BCUT2D eigenvalue weighted by Crippen LogP contribution is 2.43. The van der Waals surface area contributed by atoms with E-state index in [9.17, 15) is 9.59 Å². The number of amides is 3. The maximum atomic E-state index is 14.1. The van der Waals surface area contributed by atoms with Crippen molar-refractivity contribution in [2.45, 2.75) is 44.7 Å². The van der Waals surface area contributed by atoms with Crippen molar-refractivity contribution in [3.05, 3.63) is 77.3 Å². The van der Waals surface area contributed by atoms with Gasteiger partial charge in [-0.3, -0.25) is 9.69 Å². The van der Waals surface area contributed by atoms with E-state index in [0.717, 1.165) is 49.6 Å². The number of imide groups is 1. The van der Waals surface area contributed by atoms with Gasteiger partial charge in [0.1, 0.15) is 11.3 Å². The lowest BCUT2D eigenvalue weighted by atomic mass is 9.85. The van der Waals surface area contributed by atoms with Crippen molar-refractivity contribution in [1.82, 2.24) is 9.80 Å². The molecular weight excluding hydrogens is 536 g/mol. The molecule has 7 nitrogen and oxygen atoms in total. The third-order valence-electron chi connectivity index (χ3n) is 8.96. The number of halogens is 1. The van der Waals surface area contributed by atoms with E-state index in [1.807, 2.05) is 37.3 Å². The number of hydrogen-bond donors (Lipinski definition) is 0. The first kappa shape index (κ1) is 27.6. The first-order chi connectivity index (χ1) is 19.9. The minimum atomic E-state index is -0.841. The average molecular weight is 573 g/mol. The van der Waals surface area contributed by atoms with Crippen molar-refractivity contribution in [2.75, 3.05) is 49.6 Å². The topological polar surface area (TPSA) is 56.3 Å². The number of methoxy groups -OCH3 is 1. The smallest absolute Gasteiger partial charge is 0.332 e. The summed E-state index contributed by atoms with van der Waals surface area (Å²) in [5.74, 6) is 0.556. The second-order valence-electron chi connectivity index (χ2n) is 11.2. The molecule has 8 heteroatoms. The maximum Gasteiger partial charge on any atom is 0.332 e. The predicted molar refractivity (Wildman–Crippen MR) is 164 cm³/mol. The molecule has 0 bridgehead atoms. The first-order valence-corrected chi connectivity index (χ1v) is 15.0. The van der Waals surface area contributed by atoms with Gasteiger partial charge in [-0.25, -0.2) is 9.69 Å². The van der Waals surface area contributed by atoms with Crippen LogP contribution in [0.5, 0.6) is 5.75 Å². The number of nitrogens with zero attached hydrogens (tertiary/aromatic N) is 4. The number of likely N-dealkylation sites (tertiary alicyclic amines) is 1. The molecule has 0 unspecified atom stereocenters. The highest BCUT2D eigenvalue weighted by molar-refractivity contribution is 6.36. The molecule has 0 aliphatic carbocycles. The van der Waals surface area contributed by atoms with Gasteiger partial charge >= 0.3 is 6.03 Å². The Balaban J connectivity index is 1.18. The number of para-hydroxylation sites is 1. The standard InChI is InChI=1S/C33H37ClN4O3/c1-3-37-32(40)38(29-15-12-25(22-28(29)34)27-8-4-5-9-30(27)41-2)31(39)33(37)16-20-35(21-17-33)23-24-10-13-26(14-11-24)36-18-6-7-19-36/h4-5,8-15,22H,3,6-7,16-21,23H2,1-2H3. The Kier molecular flexibility index (Phi) is 7.66. The molecule has 3 amide bonds. The molecule has 1 spiro atoms. The molecule has 6 rings (SSSR count). The molecule has 0 aromatic heterocycles. The van der Waals surface area contributed by atoms with Crippen molar-refractivity contribution >= 4 is 34.9 Å². The van der Waals surface area contributed by atoms with Crippen LogP contribution < -0.4 is 14.5 Å². The zero-order valence-corrected chi connectivity index (χ0v) is 24.6. The highest BCUT2D eigenvalue weighted by Gasteiger charge is 2.58. The van der Waals surface area contributed by atoms with Gasteiger partial charge in [-0.1, -0.05) is 48.0 Å². The molecule has 0 atom stereocenters. The number of benzene rings is 3. The molecule has 0 radical (unpaired) electrons. The van der Waals surface area contributed by atoms with Crippen LogP contribution in [0.4, 0.5) is 16.2 Å². The molecule has 41 heavy (non-hydrogen) atoms. The van der Waals surface area contributed by atoms with Gasteiger partial charge in [0.25, 0.3) is 5.91 Å². The summed E-state index contributed by atoms with van der Waals surface area (Å²) >= 11 is 6.75. The second kappa shape index (κ2) is 11.4. The number of urea groups is 1. The quantitative estimate of drug-likeness (QED) is 0.305. The fourth-order valence-corrected chi connectivity index (χ4v) is 6.98. The Labute approximate surface area is 247 Å². The van der Waals surface area contributed by atoms with Crippen molar-refractivity contribution in [2.24, 2.45) is 0 Å². The Morgan fingerprint density at radius 3 is 2.27 bits per heavy atom. The van der Waals surface area contributed by atoms with Crippen LogP contribution in [0, 0.1) is 0 Å². The maximum absolute atomic E-state index is 14.1. The minimum absolute atomic E-state index is 0.175. The number of piperidine rings is 1. The Hall–Kier alpha value is -3.55.